The van der Waals surface area contributed by atoms with Crippen molar-refractivity contribution in [2.75, 3.05) is 25.2 Å². The maximum Gasteiger partial charge on any atom is 0.119 e. The highest BCUT2D eigenvalue weighted by Crippen LogP contribution is 2.17. The van der Waals surface area contributed by atoms with Gasteiger partial charge in [0.15, 0.2) is 0 Å². The fourth-order valence-corrected chi connectivity index (χ4v) is 1.90. The SMILES string of the molecule is COc1ccc(OCCSCC(C)N)cc1. The van der Waals surface area contributed by atoms with Gasteiger partial charge >= 0.3 is 0 Å². The summed E-state index contributed by atoms with van der Waals surface area (Å²) in [5.74, 6) is 3.67. The van der Waals surface area contributed by atoms with Gasteiger partial charge in [-0.1, -0.05) is 0 Å². The van der Waals surface area contributed by atoms with Crippen LogP contribution >= 0.6 is 11.8 Å². The van der Waals surface area contributed by atoms with Crippen LogP contribution < -0.4 is 15.2 Å². The quantitative estimate of drug-likeness (QED) is 0.743. The van der Waals surface area contributed by atoms with Crippen LogP contribution in [0.1, 0.15) is 6.92 Å². The monoisotopic (exact) mass is 241 g/mol. The third-order valence-corrected chi connectivity index (χ3v) is 3.15. The molecule has 4 heteroatoms. The molecule has 0 amide bonds. The van der Waals surface area contributed by atoms with Gasteiger partial charge in [0.1, 0.15) is 11.5 Å². The predicted octanol–water partition coefficient (Wildman–Crippen LogP) is 2.15. The summed E-state index contributed by atoms with van der Waals surface area (Å²) in [5.41, 5.74) is 5.64. The number of ether oxygens (including phenoxy) is 2. The Bertz CT molecular complexity index is 288. The molecule has 0 aliphatic rings. The molecule has 0 aliphatic carbocycles. The van der Waals surface area contributed by atoms with E-state index in [1.807, 2.05) is 43.0 Å². The lowest BCUT2D eigenvalue weighted by molar-refractivity contribution is 0.342. The zero-order valence-corrected chi connectivity index (χ0v) is 10.6. The Balaban J connectivity index is 2.16. The summed E-state index contributed by atoms with van der Waals surface area (Å²) >= 11 is 1.81. The maximum atomic E-state index is 5.64. The minimum Gasteiger partial charge on any atom is -0.497 e. The van der Waals surface area contributed by atoms with Gasteiger partial charge in [-0.05, 0) is 31.2 Å². The zero-order valence-electron chi connectivity index (χ0n) is 9.81. The van der Waals surface area contributed by atoms with E-state index in [1.54, 1.807) is 7.11 Å². The van der Waals surface area contributed by atoms with Crippen molar-refractivity contribution < 1.29 is 9.47 Å². The van der Waals surface area contributed by atoms with E-state index < -0.39 is 0 Å². The first kappa shape index (κ1) is 13.2. The number of methoxy groups -OCH3 is 1. The minimum absolute atomic E-state index is 0.256. The molecule has 0 spiro atoms. The van der Waals surface area contributed by atoms with Crippen LogP contribution in [-0.2, 0) is 0 Å². The molecule has 0 aromatic heterocycles. The number of benzene rings is 1. The van der Waals surface area contributed by atoms with Gasteiger partial charge in [-0.25, -0.2) is 0 Å². The second-order valence-electron chi connectivity index (χ2n) is 3.58. The zero-order chi connectivity index (χ0) is 11.8. The maximum absolute atomic E-state index is 5.64. The van der Waals surface area contributed by atoms with E-state index in [2.05, 4.69) is 0 Å². The van der Waals surface area contributed by atoms with Crippen molar-refractivity contribution in [1.29, 1.82) is 0 Å². The van der Waals surface area contributed by atoms with Crippen molar-refractivity contribution in [3.8, 4) is 11.5 Å². The molecule has 0 saturated carbocycles. The molecular weight excluding hydrogens is 222 g/mol. The van der Waals surface area contributed by atoms with Gasteiger partial charge in [-0.3, -0.25) is 0 Å². The summed E-state index contributed by atoms with van der Waals surface area (Å²) in [5, 5.41) is 0. The van der Waals surface area contributed by atoms with Crippen LogP contribution in [0, 0.1) is 0 Å². The molecule has 1 aromatic rings. The third kappa shape index (κ3) is 5.28. The molecule has 0 aliphatic heterocycles. The van der Waals surface area contributed by atoms with Crippen LogP contribution in [0.25, 0.3) is 0 Å². The second kappa shape index (κ2) is 7.41. The third-order valence-electron chi connectivity index (χ3n) is 1.94. The number of hydrogen-bond donors (Lipinski definition) is 1. The standard InChI is InChI=1S/C12H19NO2S/c1-10(13)9-16-8-7-15-12-5-3-11(14-2)4-6-12/h3-6,10H,7-9,13H2,1-2H3. The smallest absolute Gasteiger partial charge is 0.119 e. The van der Waals surface area contributed by atoms with Gasteiger partial charge < -0.3 is 15.2 Å². The van der Waals surface area contributed by atoms with Gasteiger partial charge in [0, 0.05) is 17.5 Å². The summed E-state index contributed by atoms with van der Waals surface area (Å²) in [6, 6.07) is 7.87. The summed E-state index contributed by atoms with van der Waals surface area (Å²) in [6.45, 7) is 2.72. The molecule has 3 nitrogen and oxygen atoms in total. The lowest BCUT2D eigenvalue weighted by atomic mass is 10.3. The molecular formula is C12H19NO2S. The number of thioether (sulfide) groups is 1. The first-order valence-electron chi connectivity index (χ1n) is 5.32. The molecule has 1 unspecified atom stereocenters. The van der Waals surface area contributed by atoms with E-state index >= 15 is 0 Å². The molecule has 2 N–H and O–H groups in total. The van der Waals surface area contributed by atoms with Gasteiger partial charge in [-0.15, -0.1) is 0 Å². The van der Waals surface area contributed by atoms with Crippen molar-refractivity contribution >= 4 is 11.8 Å². The Labute approximate surface area is 101 Å². The van der Waals surface area contributed by atoms with E-state index in [-0.39, 0.29) is 6.04 Å². The van der Waals surface area contributed by atoms with Gasteiger partial charge in [-0.2, -0.15) is 11.8 Å². The number of rotatable bonds is 7. The Morgan fingerprint density at radius 1 is 1.25 bits per heavy atom. The highest BCUT2D eigenvalue weighted by Gasteiger charge is 1.97. The molecule has 0 fully saturated rings. The minimum atomic E-state index is 0.256. The van der Waals surface area contributed by atoms with Crippen LogP contribution in [0.5, 0.6) is 11.5 Å². The molecule has 0 saturated heterocycles. The lowest BCUT2D eigenvalue weighted by Crippen LogP contribution is -2.18. The van der Waals surface area contributed by atoms with Gasteiger partial charge in [0.2, 0.25) is 0 Å². The first-order chi connectivity index (χ1) is 7.72. The Hall–Kier alpha value is -0.870. The van der Waals surface area contributed by atoms with Crippen molar-refractivity contribution in [3.05, 3.63) is 24.3 Å². The largest absolute Gasteiger partial charge is 0.497 e. The van der Waals surface area contributed by atoms with Crippen molar-refractivity contribution in [2.24, 2.45) is 5.73 Å². The Morgan fingerprint density at radius 2 is 1.88 bits per heavy atom. The predicted molar refractivity (Wildman–Crippen MR) is 69.5 cm³/mol. The average Bonchev–Trinajstić information content (AvgIpc) is 2.29. The molecule has 1 aromatic carbocycles. The van der Waals surface area contributed by atoms with Gasteiger partial charge in [0.25, 0.3) is 0 Å². The molecule has 0 bridgehead atoms. The van der Waals surface area contributed by atoms with Crippen molar-refractivity contribution in [3.63, 3.8) is 0 Å². The Morgan fingerprint density at radius 3 is 2.44 bits per heavy atom. The van der Waals surface area contributed by atoms with Crippen molar-refractivity contribution in [2.45, 2.75) is 13.0 Å². The topological polar surface area (TPSA) is 44.5 Å². The van der Waals surface area contributed by atoms with Crippen LogP contribution in [0.15, 0.2) is 24.3 Å². The van der Waals surface area contributed by atoms with Crippen LogP contribution in [0.2, 0.25) is 0 Å². The molecule has 0 radical (unpaired) electrons. The number of nitrogens with two attached hydrogens (primary N) is 1. The van der Waals surface area contributed by atoms with E-state index in [1.165, 1.54) is 0 Å². The lowest BCUT2D eigenvalue weighted by Gasteiger charge is -2.07. The van der Waals surface area contributed by atoms with Crippen LogP contribution in [-0.4, -0.2) is 31.3 Å². The van der Waals surface area contributed by atoms with Crippen molar-refractivity contribution in [1.82, 2.24) is 0 Å². The highest BCUT2D eigenvalue weighted by atomic mass is 32.2. The first-order valence-corrected chi connectivity index (χ1v) is 6.48. The molecule has 0 heterocycles. The van der Waals surface area contributed by atoms with Crippen LogP contribution in [0.3, 0.4) is 0 Å². The summed E-state index contributed by atoms with van der Waals surface area (Å²) in [6.07, 6.45) is 0. The summed E-state index contributed by atoms with van der Waals surface area (Å²) < 4.78 is 10.6. The fourth-order valence-electron chi connectivity index (χ4n) is 1.16. The molecule has 1 rings (SSSR count). The summed E-state index contributed by atoms with van der Waals surface area (Å²) in [4.78, 5) is 0. The van der Waals surface area contributed by atoms with E-state index in [0.29, 0.717) is 6.61 Å². The average molecular weight is 241 g/mol. The second-order valence-corrected chi connectivity index (χ2v) is 4.73. The number of hydrogen-bond acceptors (Lipinski definition) is 4. The van der Waals surface area contributed by atoms with Gasteiger partial charge in [0.05, 0.1) is 13.7 Å². The normalized spacial score (nSPS) is 12.2. The molecule has 16 heavy (non-hydrogen) atoms. The van der Waals surface area contributed by atoms with E-state index in [9.17, 15) is 0 Å². The molecule has 90 valence electrons. The summed E-state index contributed by atoms with van der Waals surface area (Å²) in [7, 11) is 1.65. The molecule has 1 atom stereocenters. The highest BCUT2D eigenvalue weighted by molar-refractivity contribution is 7.99. The van der Waals surface area contributed by atoms with E-state index in [0.717, 1.165) is 23.0 Å². The van der Waals surface area contributed by atoms with Crippen LogP contribution in [0.4, 0.5) is 0 Å². The fraction of sp³-hybridized carbons (Fsp3) is 0.500. The van der Waals surface area contributed by atoms with E-state index in [4.69, 9.17) is 15.2 Å². The Kier molecular flexibility index (Phi) is 6.11.